The van der Waals surface area contributed by atoms with Crippen LogP contribution in [0.4, 0.5) is 0 Å². The van der Waals surface area contributed by atoms with Crippen LogP contribution >= 0.6 is 0 Å². The van der Waals surface area contributed by atoms with Crippen LogP contribution in [0.3, 0.4) is 0 Å². The van der Waals surface area contributed by atoms with Gasteiger partial charge in [0.25, 0.3) is 5.91 Å². The van der Waals surface area contributed by atoms with Gasteiger partial charge in [-0.25, -0.2) is 0 Å². The standard InChI is InChI=1S/C20H25NO3/c1-13-6-8-18(15(3)10-13)24-12-20(22)21-16(4)17-11-14(2)7-9-19(17)23-5/h6-11,16H,12H2,1-5H3,(H,21,22). The second-order valence-corrected chi connectivity index (χ2v) is 6.09. The first-order chi connectivity index (χ1) is 11.4. The van der Waals surface area contributed by atoms with Crippen LogP contribution in [-0.4, -0.2) is 19.6 Å². The van der Waals surface area contributed by atoms with Crippen LogP contribution in [0.15, 0.2) is 36.4 Å². The Balaban J connectivity index is 1.98. The zero-order valence-electron chi connectivity index (χ0n) is 15.0. The zero-order chi connectivity index (χ0) is 17.7. The molecule has 0 aliphatic heterocycles. The molecule has 0 aliphatic carbocycles. The minimum absolute atomic E-state index is 0.0115. The van der Waals surface area contributed by atoms with Crippen LogP contribution in [0.25, 0.3) is 0 Å². The molecule has 1 amide bonds. The molecule has 24 heavy (non-hydrogen) atoms. The van der Waals surface area contributed by atoms with Gasteiger partial charge in [-0.3, -0.25) is 4.79 Å². The van der Waals surface area contributed by atoms with E-state index >= 15 is 0 Å². The molecule has 0 aliphatic rings. The molecule has 128 valence electrons. The number of carbonyl (C=O) groups is 1. The third-order valence-corrected chi connectivity index (χ3v) is 3.92. The summed E-state index contributed by atoms with van der Waals surface area (Å²) in [6, 6.07) is 11.7. The Hall–Kier alpha value is -2.49. The molecule has 0 spiro atoms. The number of hydrogen-bond acceptors (Lipinski definition) is 3. The lowest BCUT2D eigenvalue weighted by atomic mass is 10.0. The van der Waals surface area contributed by atoms with Crippen LogP contribution in [-0.2, 0) is 4.79 Å². The number of aryl methyl sites for hydroxylation is 3. The fourth-order valence-corrected chi connectivity index (χ4v) is 2.66. The number of carbonyl (C=O) groups excluding carboxylic acids is 1. The van der Waals surface area contributed by atoms with Crippen molar-refractivity contribution in [3.63, 3.8) is 0 Å². The fourth-order valence-electron chi connectivity index (χ4n) is 2.66. The van der Waals surface area contributed by atoms with E-state index in [0.29, 0.717) is 0 Å². The maximum Gasteiger partial charge on any atom is 0.258 e. The highest BCUT2D eigenvalue weighted by Gasteiger charge is 2.15. The third kappa shape index (κ3) is 4.51. The lowest BCUT2D eigenvalue weighted by Crippen LogP contribution is -2.31. The average molecular weight is 327 g/mol. The topological polar surface area (TPSA) is 47.6 Å². The van der Waals surface area contributed by atoms with E-state index in [1.807, 2.05) is 64.1 Å². The van der Waals surface area contributed by atoms with Gasteiger partial charge in [-0.2, -0.15) is 0 Å². The Morgan fingerprint density at radius 1 is 1.04 bits per heavy atom. The summed E-state index contributed by atoms with van der Waals surface area (Å²) in [6.45, 7) is 7.94. The molecular formula is C20H25NO3. The maximum atomic E-state index is 12.2. The highest BCUT2D eigenvalue weighted by Crippen LogP contribution is 2.26. The molecule has 1 atom stereocenters. The Kier molecular flexibility index (Phi) is 5.85. The Labute approximate surface area is 143 Å². The van der Waals surface area contributed by atoms with Gasteiger partial charge < -0.3 is 14.8 Å². The normalized spacial score (nSPS) is 11.7. The van der Waals surface area contributed by atoms with Gasteiger partial charge in [0, 0.05) is 5.56 Å². The Morgan fingerprint density at radius 3 is 2.29 bits per heavy atom. The van der Waals surface area contributed by atoms with Crippen molar-refractivity contribution in [3.8, 4) is 11.5 Å². The van der Waals surface area contributed by atoms with Crippen molar-refractivity contribution in [3.05, 3.63) is 58.7 Å². The van der Waals surface area contributed by atoms with Crippen LogP contribution in [0, 0.1) is 20.8 Å². The van der Waals surface area contributed by atoms with E-state index in [4.69, 9.17) is 9.47 Å². The van der Waals surface area contributed by atoms with Gasteiger partial charge in [-0.15, -0.1) is 0 Å². The van der Waals surface area contributed by atoms with E-state index in [1.54, 1.807) is 7.11 Å². The molecule has 0 radical (unpaired) electrons. The molecular weight excluding hydrogens is 302 g/mol. The highest BCUT2D eigenvalue weighted by molar-refractivity contribution is 5.78. The quantitative estimate of drug-likeness (QED) is 0.876. The van der Waals surface area contributed by atoms with E-state index < -0.39 is 0 Å². The van der Waals surface area contributed by atoms with E-state index in [9.17, 15) is 4.79 Å². The number of rotatable bonds is 6. The van der Waals surface area contributed by atoms with Crippen LogP contribution < -0.4 is 14.8 Å². The van der Waals surface area contributed by atoms with Crippen molar-refractivity contribution >= 4 is 5.91 Å². The monoisotopic (exact) mass is 327 g/mol. The van der Waals surface area contributed by atoms with E-state index in [0.717, 1.165) is 28.2 Å². The summed E-state index contributed by atoms with van der Waals surface area (Å²) in [5, 5.41) is 2.96. The summed E-state index contributed by atoms with van der Waals surface area (Å²) >= 11 is 0. The fraction of sp³-hybridized carbons (Fsp3) is 0.350. The van der Waals surface area contributed by atoms with Crippen molar-refractivity contribution in [2.24, 2.45) is 0 Å². The summed E-state index contributed by atoms with van der Waals surface area (Å²) in [6.07, 6.45) is 0. The van der Waals surface area contributed by atoms with Gasteiger partial charge in [-0.05, 0) is 45.4 Å². The van der Waals surface area contributed by atoms with E-state index in [-0.39, 0.29) is 18.6 Å². The van der Waals surface area contributed by atoms with Gasteiger partial charge >= 0.3 is 0 Å². The predicted octanol–water partition coefficient (Wildman–Crippen LogP) is 3.88. The summed E-state index contributed by atoms with van der Waals surface area (Å²) in [4.78, 5) is 12.2. The predicted molar refractivity (Wildman–Crippen MR) is 95.7 cm³/mol. The number of nitrogens with one attached hydrogen (secondary N) is 1. The Bertz CT molecular complexity index is 725. The van der Waals surface area contributed by atoms with Crippen molar-refractivity contribution in [2.45, 2.75) is 33.7 Å². The lowest BCUT2D eigenvalue weighted by molar-refractivity contribution is -0.123. The highest BCUT2D eigenvalue weighted by atomic mass is 16.5. The van der Waals surface area contributed by atoms with Crippen molar-refractivity contribution in [1.29, 1.82) is 0 Å². The first kappa shape index (κ1) is 17.9. The average Bonchev–Trinajstić information content (AvgIpc) is 2.54. The number of amides is 1. The van der Waals surface area contributed by atoms with Gasteiger partial charge in [0.1, 0.15) is 11.5 Å². The summed E-state index contributed by atoms with van der Waals surface area (Å²) in [7, 11) is 1.63. The first-order valence-corrected chi connectivity index (χ1v) is 8.04. The molecule has 1 N–H and O–H groups in total. The summed E-state index contributed by atoms with van der Waals surface area (Å²) in [5.74, 6) is 1.34. The van der Waals surface area contributed by atoms with Gasteiger partial charge in [0.15, 0.2) is 6.61 Å². The molecule has 2 aromatic rings. The molecule has 2 rings (SSSR count). The van der Waals surface area contributed by atoms with Gasteiger partial charge in [0.05, 0.1) is 13.2 Å². The lowest BCUT2D eigenvalue weighted by Gasteiger charge is -2.18. The molecule has 0 fully saturated rings. The second kappa shape index (κ2) is 7.86. The summed E-state index contributed by atoms with van der Waals surface area (Å²) in [5.41, 5.74) is 4.27. The van der Waals surface area contributed by atoms with Crippen molar-refractivity contribution in [2.75, 3.05) is 13.7 Å². The molecule has 4 heteroatoms. The van der Waals surface area contributed by atoms with Gasteiger partial charge in [0.2, 0.25) is 0 Å². The van der Waals surface area contributed by atoms with Crippen LogP contribution in [0.2, 0.25) is 0 Å². The first-order valence-electron chi connectivity index (χ1n) is 8.04. The molecule has 4 nitrogen and oxygen atoms in total. The number of ether oxygens (including phenoxy) is 2. The number of hydrogen-bond donors (Lipinski definition) is 1. The molecule has 2 aromatic carbocycles. The minimum Gasteiger partial charge on any atom is -0.496 e. The molecule has 0 saturated carbocycles. The molecule has 0 saturated heterocycles. The van der Waals surface area contributed by atoms with E-state index in [2.05, 4.69) is 5.32 Å². The zero-order valence-corrected chi connectivity index (χ0v) is 15.0. The number of benzene rings is 2. The molecule has 0 heterocycles. The van der Waals surface area contributed by atoms with Crippen LogP contribution in [0.1, 0.15) is 35.2 Å². The largest absolute Gasteiger partial charge is 0.496 e. The minimum atomic E-state index is -0.161. The van der Waals surface area contributed by atoms with Crippen LogP contribution in [0.5, 0.6) is 11.5 Å². The van der Waals surface area contributed by atoms with Crippen molar-refractivity contribution in [1.82, 2.24) is 5.32 Å². The summed E-state index contributed by atoms with van der Waals surface area (Å²) < 4.78 is 11.0. The second-order valence-electron chi connectivity index (χ2n) is 6.09. The third-order valence-electron chi connectivity index (χ3n) is 3.92. The molecule has 0 bridgehead atoms. The smallest absolute Gasteiger partial charge is 0.258 e. The van der Waals surface area contributed by atoms with Crippen molar-refractivity contribution < 1.29 is 14.3 Å². The SMILES string of the molecule is COc1ccc(C)cc1C(C)NC(=O)COc1ccc(C)cc1C. The molecule has 1 unspecified atom stereocenters. The molecule has 0 aromatic heterocycles. The maximum absolute atomic E-state index is 12.2. The van der Waals surface area contributed by atoms with Gasteiger partial charge in [-0.1, -0.05) is 35.4 Å². The van der Waals surface area contributed by atoms with E-state index in [1.165, 1.54) is 5.56 Å². The number of methoxy groups -OCH3 is 1. The Morgan fingerprint density at radius 2 is 1.67 bits per heavy atom.